The molecule has 2 N–H and O–H groups in total. The summed E-state index contributed by atoms with van der Waals surface area (Å²) in [7, 11) is 4.92. The molecule has 10 heteroatoms. The molecule has 32 heavy (non-hydrogen) atoms. The zero-order valence-electron chi connectivity index (χ0n) is 18.1. The molecular weight excluding hydrogens is 430 g/mol. The second-order valence-electron chi connectivity index (χ2n) is 6.80. The van der Waals surface area contributed by atoms with E-state index in [9.17, 15) is 9.59 Å². The van der Waals surface area contributed by atoms with Crippen molar-refractivity contribution >= 4 is 29.3 Å². The predicted molar refractivity (Wildman–Crippen MR) is 122 cm³/mol. The lowest BCUT2D eigenvalue weighted by Gasteiger charge is -2.09. The van der Waals surface area contributed by atoms with Crippen molar-refractivity contribution in [1.29, 1.82) is 0 Å². The maximum Gasteiger partial charge on any atom is 0.232 e. The Morgan fingerprint density at radius 2 is 1.75 bits per heavy atom. The van der Waals surface area contributed by atoms with Gasteiger partial charge in [0.1, 0.15) is 17.3 Å². The summed E-state index contributed by atoms with van der Waals surface area (Å²) in [6.07, 6.45) is 0.0474. The number of hydrogen-bond donors (Lipinski definition) is 2. The number of carbonyl (C=O) groups excluding carboxylic acids is 2. The number of para-hydroxylation sites is 2. The van der Waals surface area contributed by atoms with E-state index in [0.717, 1.165) is 11.3 Å². The van der Waals surface area contributed by atoms with Gasteiger partial charge in [0.05, 0.1) is 32.1 Å². The summed E-state index contributed by atoms with van der Waals surface area (Å²) in [6.45, 7) is 0.427. The predicted octanol–water partition coefficient (Wildman–Crippen LogP) is 2.42. The number of rotatable bonds is 10. The SMILES string of the molecule is COc1ccc(CNC(=O)CSc2nnc(CC(=O)Nc3ccccc3OC)n2C)cc1. The Balaban J connectivity index is 1.48. The molecule has 9 nitrogen and oxygen atoms in total. The average Bonchev–Trinajstić information content (AvgIpc) is 3.15. The Labute approximate surface area is 190 Å². The standard InChI is InChI=1S/C22H25N5O4S/c1-27-19(12-20(28)24-17-6-4-5-7-18(17)31-3)25-26-22(27)32-14-21(29)23-13-15-8-10-16(30-2)11-9-15/h4-11H,12-14H2,1-3H3,(H,23,29)(H,24,28). The number of amides is 2. The van der Waals surface area contributed by atoms with Crippen molar-refractivity contribution in [1.82, 2.24) is 20.1 Å². The minimum absolute atomic E-state index is 0.0474. The molecule has 0 aliphatic rings. The third-order valence-electron chi connectivity index (χ3n) is 4.61. The van der Waals surface area contributed by atoms with Gasteiger partial charge >= 0.3 is 0 Å². The first-order valence-corrected chi connectivity index (χ1v) is 10.8. The van der Waals surface area contributed by atoms with Crippen LogP contribution in [-0.4, -0.2) is 46.6 Å². The number of hydrogen-bond acceptors (Lipinski definition) is 7. The first kappa shape index (κ1) is 23.1. The van der Waals surface area contributed by atoms with E-state index in [1.807, 2.05) is 36.4 Å². The molecule has 3 aromatic rings. The van der Waals surface area contributed by atoms with Crippen LogP contribution in [-0.2, 0) is 29.6 Å². The zero-order valence-corrected chi connectivity index (χ0v) is 18.9. The summed E-state index contributed by atoms with van der Waals surface area (Å²) in [5.74, 6) is 1.68. The Bertz CT molecular complexity index is 1070. The Morgan fingerprint density at radius 1 is 1.00 bits per heavy atom. The van der Waals surface area contributed by atoms with Crippen LogP contribution < -0.4 is 20.1 Å². The van der Waals surface area contributed by atoms with E-state index in [0.29, 0.717) is 29.0 Å². The molecule has 3 rings (SSSR count). The molecule has 0 atom stereocenters. The summed E-state index contributed by atoms with van der Waals surface area (Å²) in [4.78, 5) is 24.6. The summed E-state index contributed by atoms with van der Waals surface area (Å²) < 4.78 is 12.1. The number of benzene rings is 2. The minimum Gasteiger partial charge on any atom is -0.497 e. The van der Waals surface area contributed by atoms with Gasteiger partial charge in [-0.1, -0.05) is 36.0 Å². The van der Waals surface area contributed by atoms with Gasteiger partial charge in [0, 0.05) is 13.6 Å². The number of methoxy groups -OCH3 is 2. The molecular formula is C22H25N5O4S. The molecule has 2 aromatic carbocycles. The smallest absolute Gasteiger partial charge is 0.232 e. The molecule has 1 aromatic heterocycles. The number of aromatic nitrogens is 3. The van der Waals surface area contributed by atoms with Gasteiger partial charge in [0.15, 0.2) is 5.16 Å². The van der Waals surface area contributed by atoms with Crippen LogP contribution in [0, 0.1) is 0 Å². The maximum atomic E-state index is 12.4. The minimum atomic E-state index is -0.237. The molecule has 0 aliphatic heterocycles. The van der Waals surface area contributed by atoms with Crippen molar-refractivity contribution in [2.24, 2.45) is 7.05 Å². The summed E-state index contributed by atoms with van der Waals surface area (Å²) >= 11 is 1.26. The lowest BCUT2D eigenvalue weighted by Crippen LogP contribution is -2.24. The van der Waals surface area contributed by atoms with Crippen LogP contribution in [0.4, 0.5) is 5.69 Å². The van der Waals surface area contributed by atoms with Gasteiger partial charge in [0.25, 0.3) is 0 Å². The molecule has 0 unspecified atom stereocenters. The fourth-order valence-corrected chi connectivity index (χ4v) is 3.60. The highest BCUT2D eigenvalue weighted by Gasteiger charge is 2.15. The van der Waals surface area contributed by atoms with Gasteiger partial charge in [-0.05, 0) is 29.8 Å². The second-order valence-corrected chi connectivity index (χ2v) is 7.74. The van der Waals surface area contributed by atoms with E-state index in [2.05, 4.69) is 20.8 Å². The highest BCUT2D eigenvalue weighted by Crippen LogP contribution is 2.23. The highest BCUT2D eigenvalue weighted by atomic mass is 32.2. The first-order chi connectivity index (χ1) is 15.5. The summed E-state index contributed by atoms with van der Waals surface area (Å²) in [5.41, 5.74) is 1.57. The van der Waals surface area contributed by atoms with Crippen molar-refractivity contribution in [3.63, 3.8) is 0 Å². The maximum absolute atomic E-state index is 12.4. The van der Waals surface area contributed by atoms with E-state index in [4.69, 9.17) is 9.47 Å². The topological polar surface area (TPSA) is 107 Å². The van der Waals surface area contributed by atoms with Crippen LogP contribution >= 0.6 is 11.8 Å². The molecule has 0 saturated carbocycles. The lowest BCUT2D eigenvalue weighted by atomic mass is 10.2. The molecule has 0 spiro atoms. The summed E-state index contributed by atoms with van der Waals surface area (Å²) in [5, 5.41) is 14.4. The third kappa shape index (κ3) is 6.24. The third-order valence-corrected chi connectivity index (χ3v) is 5.63. The Morgan fingerprint density at radius 3 is 2.47 bits per heavy atom. The lowest BCUT2D eigenvalue weighted by molar-refractivity contribution is -0.118. The fourth-order valence-electron chi connectivity index (χ4n) is 2.84. The number of anilines is 1. The van der Waals surface area contributed by atoms with Gasteiger partial charge in [-0.25, -0.2) is 0 Å². The molecule has 2 amide bonds. The van der Waals surface area contributed by atoms with E-state index < -0.39 is 0 Å². The molecule has 0 bridgehead atoms. The van der Waals surface area contributed by atoms with Crippen molar-refractivity contribution in [2.75, 3.05) is 25.3 Å². The van der Waals surface area contributed by atoms with Gasteiger partial charge in [-0.2, -0.15) is 0 Å². The Kier molecular flexibility index (Phi) is 8.09. The largest absolute Gasteiger partial charge is 0.497 e. The molecule has 0 saturated heterocycles. The second kappa shape index (κ2) is 11.2. The van der Waals surface area contributed by atoms with Gasteiger partial charge in [-0.15, -0.1) is 10.2 Å². The molecule has 0 fully saturated rings. The van der Waals surface area contributed by atoms with Crippen molar-refractivity contribution in [3.05, 3.63) is 59.9 Å². The van der Waals surface area contributed by atoms with Crippen molar-refractivity contribution in [2.45, 2.75) is 18.1 Å². The van der Waals surface area contributed by atoms with Crippen LogP contribution in [0.5, 0.6) is 11.5 Å². The van der Waals surface area contributed by atoms with Crippen LogP contribution in [0.1, 0.15) is 11.4 Å². The van der Waals surface area contributed by atoms with E-state index in [-0.39, 0.29) is 24.0 Å². The number of thioether (sulfide) groups is 1. The highest BCUT2D eigenvalue weighted by molar-refractivity contribution is 7.99. The van der Waals surface area contributed by atoms with Crippen LogP contribution in [0.25, 0.3) is 0 Å². The number of ether oxygens (including phenoxy) is 2. The fraction of sp³-hybridized carbons (Fsp3) is 0.273. The van der Waals surface area contributed by atoms with Crippen LogP contribution in [0.2, 0.25) is 0 Å². The molecule has 0 radical (unpaired) electrons. The van der Waals surface area contributed by atoms with E-state index in [1.165, 1.54) is 11.8 Å². The Hall–Kier alpha value is -3.53. The number of carbonyl (C=O) groups is 2. The first-order valence-electron chi connectivity index (χ1n) is 9.83. The molecule has 1 heterocycles. The van der Waals surface area contributed by atoms with E-state index in [1.54, 1.807) is 38.0 Å². The quantitative estimate of drug-likeness (QED) is 0.452. The summed E-state index contributed by atoms with van der Waals surface area (Å²) in [6, 6.07) is 14.7. The zero-order chi connectivity index (χ0) is 22.9. The molecule has 168 valence electrons. The monoisotopic (exact) mass is 455 g/mol. The molecule has 0 aliphatic carbocycles. The van der Waals surface area contributed by atoms with Crippen molar-refractivity contribution < 1.29 is 19.1 Å². The van der Waals surface area contributed by atoms with Crippen LogP contribution in [0.15, 0.2) is 53.7 Å². The van der Waals surface area contributed by atoms with Crippen molar-refractivity contribution in [3.8, 4) is 11.5 Å². The van der Waals surface area contributed by atoms with Gasteiger partial charge in [0.2, 0.25) is 11.8 Å². The number of nitrogens with zero attached hydrogens (tertiary/aromatic N) is 3. The number of nitrogens with one attached hydrogen (secondary N) is 2. The average molecular weight is 456 g/mol. The van der Waals surface area contributed by atoms with Crippen LogP contribution in [0.3, 0.4) is 0 Å². The van der Waals surface area contributed by atoms with Gasteiger partial charge < -0.3 is 24.7 Å². The normalized spacial score (nSPS) is 10.5. The van der Waals surface area contributed by atoms with E-state index >= 15 is 0 Å². The van der Waals surface area contributed by atoms with Gasteiger partial charge in [-0.3, -0.25) is 9.59 Å².